The van der Waals surface area contributed by atoms with Crippen LogP contribution in [0.15, 0.2) is 12.2 Å². The first-order chi connectivity index (χ1) is 29.2. The average Bonchev–Trinajstić information content (AvgIpc) is 3.21. The number of allylic oxidation sites excluding steroid dienone is 1. The van der Waals surface area contributed by atoms with Gasteiger partial charge >= 0.3 is 7.82 Å². The van der Waals surface area contributed by atoms with E-state index < -0.39 is 57.3 Å². The molecule has 1 fully saturated rings. The molecule has 0 aromatic heterocycles. The van der Waals surface area contributed by atoms with Crippen molar-refractivity contribution in [1.29, 1.82) is 0 Å². The number of hydrogen-bond donors (Lipinski definition) is 6. The molecule has 0 bridgehead atoms. The molecular formula is C47H94N2O11P+. The highest BCUT2D eigenvalue weighted by atomic mass is 31.2. The van der Waals surface area contributed by atoms with Crippen LogP contribution in [0.5, 0.6) is 0 Å². The minimum Gasteiger partial charge on any atom is -0.387 e. The Morgan fingerprint density at radius 2 is 1.15 bits per heavy atom. The van der Waals surface area contributed by atoms with Crippen LogP contribution in [-0.4, -0.2) is 126 Å². The van der Waals surface area contributed by atoms with Crippen molar-refractivity contribution in [2.75, 3.05) is 47.5 Å². The molecule has 0 aliphatic carbocycles. The first-order valence-electron chi connectivity index (χ1n) is 24.6. The number of phosphoric acid groups is 1. The van der Waals surface area contributed by atoms with Crippen molar-refractivity contribution in [3.63, 3.8) is 0 Å². The van der Waals surface area contributed by atoms with Crippen molar-refractivity contribution in [2.45, 2.75) is 236 Å². The maximum Gasteiger partial charge on any atom is 0.472 e. The Morgan fingerprint density at radius 1 is 0.689 bits per heavy atom. The predicted molar refractivity (Wildman–Crippen MR) is 245 cm³/mol. The minimum atomic E-state index is -4.52. The summed E-state index contributed by atoms with van der Waals surface area (Å²) in [5, 5.41) is 46.0. The molecule has 0 saturated carbocycles. The number of nitrogens with zero attached hydrogens (tertiary/aromatic N) is 1. The zero-order valence-electron chi connectivity index (χ0n) is 39.4. The molecule has 362 valence electrons. The summed E-state index contributed by atoms with van der Waals surface area (Å²) in [4.78, 5) is 23.3. The minimum absolute atomic E-state index is 0.0545. The number of unbranched alkanes of at least 4 members (excludes halogenated alkanes) is 25. The summed E-state index contributed by atoms with van der Waals surface area (Å²) in [5.41, 5.74) is 0. The Bertz CT molecular complexity index is 1130. The van der Waals surface area contributed by atoms with E-state index in [0.717, 1.165) is 44.9 Å². The van der Waals surface area contributed by atoms with E-state index in [4.69, 9.17) is 18.5 Å². The van der Waals surface area contributed by atoms with E-state index in [1.165, 1.54) is 128 Å². The first kappa shape index (κ1) is 58.1. The highest BCUT2D eigenvalue weighted by Gasteiger charge is 2.45. The summed E-state index contributed by atoms with van der Waals surface area (Å²) in [6.07, 6.45) is 27.9. The van der Waals surface area contributed by atoms with Crippen molar-refractivity contribution < 1.29 is 57.7 Å². The third-order valence-electron chi connectivity index (χ3n) is 11.6. The molecule has 1 saturated heterocycles. The van der Waals surface area contributed by atoms with Gasteiger partial charge in [0.2, 0.25) is 5.91 Å². The fourth-order valence-electron chi connectivity index (χ4n) is 7.48. The molecule has 1 heterocycles. The molecule has 1 aliphatic rings. The molecule has 1 unspecified atom stereocenters. The molecular weight excluding hydrogens is 799 g/mol. The molecule has 0 spiro atoms. The SMILES string of the molecule is CCCCCCCCCCCCC/C=C/[C@@H](O)[C@H](CO[C@@H]1O[C@H](COP(=O)(O)OCC[N+](C)(C)C)[C@H](O)[C@H](O)[C@H]1O)NC(=O)CCCCCCCCCCCCCCCCC. The van der Waals surface area contributed by atoms with Crippen LogP contribution in [0.1, 0.15) is 194 Å². The lowest BCUT2D eigenvalue weighted by Crippen LogP contribution is -2.60. The Kier molecular flexibility index (Phi) is 34.5. The fraction of sp³-hybridized carbons (Fsp3) is 0.936. The largest absolute Gasteiger partial charge is 0.472 e. The van der Waals surface area contributed by atoms with E-state index in [1.807, 2.05) is 27.2 Å². The molecule has 1 amide bonds. The van der Waals surface area contributed by atoms with Crippen LogP contribution in [0.4, 0.5) is 0 Å². The van der Waals surface area contributed by atoms with Crippen LogP contribution in [-0.2, 0) is 27.9 Å². The fourth-order valence-corrected chi connectivity index (χ4v) is 8.21. The quantitative estimate of drug-likeness (QED) is 0.0149. The van der Waals surface area contributed by atoms with Gasteiger partial charge in [0.05, 0.1) is 46.5 Å². The molecule has 13 nitrogen and oxygen atoms in total. The molecule has 8 atom stereocenters. The van der Waals surface area contributed by atoms with Crippen LogP contribution in [0.3, 0.4) is 0 Å². The molecule has 6 N–H and O–H groups in total. The molecule has 61 heavy (non-hydrogen) atoms. The number of rotatable bonds is 41. The number of amides is 1. The lowest BCUT2D eigenvalue weighted by atomic mass is 9.99. The van der Waals surface area contributed by atoms with E-state index in [-0.39, 0.29) is 19.1 Å². The van der Waals surface area contributed by atoms with Crippen molar-refractivity contribution in [2.24, 2.45) is 0 Å². The maximum absolute atomic E-state index is 13.1. The second-order valence-electron chi connectivity index (χ2n) is 18.6. The van der Waals surface area contributed by atoms with Gasteiger partial charge in [-0.05, 0) is 19.3 Å². The number of aliphatic hydroxyl groups is 4. The van der Waals surface area contributed by atoms with Gasteiger partial charge in [-0.3, -0.25) is 13.8 Å². The van der Waals surface area contributed by atoms with Gasteiger partial charge in [0.1, 0.15) is 37.6 Å². The normalized spacial score (nSPS) is 21.8. The lowest BCUT2D eigenvalue weighted by Gasteiger charge is -2.40. The molecule has 0 aromatic carbocycles. The predicted octanol–water partition coefficient (Wildman–Crippen LogP) is 9.01. The lowest BCUT2D eigenvalue weighted by molar-refractivity contribution is -0.870. The highest BCUT2D eigenvalue weighted by molar-refractivity contribution is 7.47. The molecule has 0 radical (unpaired) electrons. The zero-order valence-corrected chi connectivity index (χ0v) is 40.3. The van der Waals surface area contributed by atoms with E-state index in [0.29, 0.717) is 17.4 Å². The van der Waals surface area contributed by atoms with Gasteiger partial charge in [0.25, 0.3) is 0 Å². The van der Waals surface area contributed by atoms with Crippen molar-refractivity contribution in [3.8, 4) is 0 Å². The monoisotopic (exact) mass is 894 g/mol. The first-order valence-corrected chi connectivity index (χ1v) is 26.1. The molecule has 1 aliphatic heterocycles. The number of nitrogens with one attached hydrogen (secondary N) is 1. The smallest absolute Gasteiger partial charge is 0.387 e. The highest BCUT2D eigenvalue weighted by Crippen LogP contribution is 2.43. The summed E-state index contributed by atoms with van der Waals surface area (Å²) in [6.45, 7) is 3.97. The van der Waals surface area contributed by atoms with Crippen molar-refractivity contribution in [1.82, 2.24) is 5.32 Å². The third-order valence-corrected chi connectivity index (χ3v) is 12.6. The summed E-state index contributed by atoms with van der Waals surface area (Å²) in [6, 6.07) is -0.890. The molecule has 0 aromatic rings. The summed E-state index contributed by atoms with van der Waals surface area (Å²) >= 11 is 0. The van der Waals surface area contributed by atoms with Crippen molar-refractivity contribution in [3.05, 3.63) is 12.2 Å². The maximum atomic E-state index is 13.1. The number of ether oxygens (including phenoxy) is 2. The van der Waals surface area contributed by atoms with E-state index in [2.05, 4.69) is 19.2 Å². The summed E-state index contributed by atoms with van der Waals surface area (Å²) in [5.74, 6) is -0.225. The average molecular weight is 894 g/mol. The van der Waals surface area contributed by atoms with E-state index in [9.17, 15) is 34.7 Å². The van der Waals surface area contributed by atoms with Gasteiger partial charge < -0.3 is 44.6 Å². The number of hydrogen-bond acceptors (Lipinski definition) is 10. The number of carbonyl (C=O) groups excluding carboxylic acids is 1. The van der Waals surface area contributed by atoms with E-state index in [1.54, 1.807) is 6.08 Å². The standard InChI is InChI=1S/C47H93N2O11P/c1-6-8-10-12-14-16-18-20-21-23-25-27-29-31-33-35-43(51)48-40(41(50)34-32-30-28-26-24-22-19-17-15-13-11-9-7-2)38-57-47-46(54)45(53)44(52)42(60-47)39-59-61(55,56)58-37-36-49(3,4)5/h32,34,40-42,44-47,50,52-54H,6-31,33,35-39H2,1-5H3,(H-,48,51,55,56)/p+1/b34-32+/t40-,41+,42+,44-,45-,46+,47+/m0/s1. The molecule has 14 heteroatoms. The Balaban J connectivity index is 2.64. The number of carbonyl (C=O) groups is 1. The van der Waals surface area contributed by atoms with Crippen LogP contribution >= 0.6 is 7.82 Å². The van der Waals surface area contributed by atoms with Crippen LogP contribution in [0, 0.1) is 0 Å². The van der Waals surface area contributed by atoms with Crippen LogP contribution in [0.2, 0.25) is 0 Å². The number of likely N-dealkylation sites (N-methyl/N-ethyl adjacent to an activating group) is 1. The summed E-state index contributed by atoms with van der Waals surface area (Å²) in [7, 11) is 1.18. The second-order valence-corrected chi connectivity index (χ2v) is 20.0. The summed E-state index contributed by atoms with van der Waals surface area (Å²) < 4.78 is 34.6. The molecule has 1 rings (SSSR count). The van der Waals surface area contributed by atoms with Gasteiger partial charge in [-0.1, -0.05) is 180 Å². The van der Waals surface area contributed by atoms with Gasteiger partial charge in [-0.25, -0.2) is 4.57 Å². The number of aliphatic hydroxyl groups excluding tert-OH is 4. The topological polar surface area (TPSA) is 184 Å². The van der Waals surface area contributed by atoms with Gasteiger partial charge in [-0.2, -0.15) is 0 Å². The number of phosphoric ester groups is 1. The van der Waals surface area contributed by atoms with E-state index >= 15 is 0 Å². The Morgan fingerprint density at radius 3 is 1.62 bits per heavy atom. The third kappa shape index (κ3) is 31.5. The number of quaternary nitrogens is 1. The Hall–Kier alpha value is -0.960. The second kappa shape index (κ2) is 36.3. The van der Waals surface area contributed by atoms with Crippen LogP contribution in [0.25, 0.3) is 0 Å². The zero-order chi connectivity index (χ0) is 45.2. The Labute approximate surface area is 371 Å². The van der Waals surface area contributed by atoms with Gasteiger partial charge in [0.15, 0.2) is 6.29 Å². The van der Waals surface area contributed by atoms with Crippen molar-refractivity contribution >= 4 is 13.7 Å². The van der Waals surface area contributed by atoms with Gasteiger partial charge in [-0.15, -0.1) is 0 Å². The van der Waals surface area contributed by atoms with Crippen LogP contribution < -0.4 is 5.32 Å². The van der Waals surface area contributed by atoms with Gasteiger partial charge in [0, 0.05) is 6.42 Å².